The van der Waals surface area contributed by atoms with Crippen molar-refractivity contribution in [2.24, 2.45) is 10.7 Å². The molecule has 0 spiro atoms. The van der Waals surface area contributed by atoms with Crippen LogP contribution in [0.5, 0.6) is 5.75 Å². The van der Waals surface area contributed by atoms with Gasteiger partial charge in [0.05, 0.1) is 13.7 Å². The maximum absolute atomic E-state index is 6.02. The highest BCUT2D eigenvalue weighted by molar-refractivity contribution is 7.15. The lowest BCUT2D eigenvalue weighted by molar-refractivity contribution is 0.415. The van der Waals surface area contributed by atoms with Crippen LogP contribution in [0.1, 0.15) is 17.7 Å². The summed E-state index contributed by atoms with van der Waals surface area (Å²) in [4.78, 5) is 9.04. The van der Waals surface area contributed by atoms with E-state index in [0.717, 1.165) is 5.75 Å². The zero-order valence-corrected chi connectivity index (χ0v) is 13.8. The maximum Gasteiger partial charge on any atom is 0.191 e. The molecule has 3 rings (SSSR count). The number of nitrogens with two attached hydrogens (primary N) is 1. The Hall–Kier alpha value is -2.01. The minimum atomic E-state index is 0.599. The Balaban J connectivity index is 1.66. The summed E-state index contributed by atoms with van der Waals surface area (Å²) in [6.45, 7) is 0.643. The van der Waals surface area contributed by atoms with Crippen LogP contribution in [0.4, 0.5) is 0 Å². The molecule has 1 heterocycles. The van der Waals surface area contributed by atoms with Gasteiger partial charge in [0, 0.05) is 22.8 Å². The molecule has 0 saturated heterocycles. The number of methoxy groups -OCH3 is 1. The Kier molecular flexibility index (Phi) is 4.34. The van der Waals surface area contributed by atoms with E-state index < -0.39 is 0 Å². The van der Waals surface area contributed by atoms with Crippen molar-refractivity contribution in [1.29, 1.82) is 0 Å². The molecule has 116 valence electrons. The third-order valence-corrected chi connectivity index (χ3v) is 5.01. The van der Waals surface area contributed by atoms with Crippen molar-refractivity contribution in [3.8, 4) is 16.2 Å². The number of thiophene rings is 1. The van der Waals surface area contributed by atoms with Crippen molar-refractivity contribution in [3.63, 3.8) is 0 Å². The predicted octanol–water partition coefficient (Wildman–Crippen LogP) is 3.33. The molecule has 0 unspecified atom stereocenters. The quantitative estimate of drug-likeness (QED) is 0.680. The van der Waals surface area contributed by atoms with Gasteiger partial charge in [-0.25, -0.2) is 4.99 Å². The number of benzene rings is 1. The van der Waals surface area contributed by atoms with Gasteiger partial charge in [-0.2, -0.15) is 0 Å². The number of rotatable bonds is 5. The molecule has 22 heavy (non-hydrogen) atoms. The standard InChI is InChI=1S/C17H21N3OS/c1-20(13-5-6-13)17(18)19-11-15-9-10-16(22-15)12-3-7-14(21-2)8-4-12/h3-4,7-10,13H,5-6,11H2,1-2H3,(H2,18,19). The maximum atomic E-state index is 6.02. The molecule has 2 N–H and O–H groups in total. The van der Waals surface area contributed by atoms with Crippen molar-refractivity contribution < 1.29 is 4.74 Å². The molecule has 0 amide bonds. The average molecular weight is 315 g/mol. The molecule has 0 atom stereocenters. The lowest BCUT2D eigenvalue weighted by Crippen LogP contribution is -2.35. The summed E-state index contributed by atoms with van der Waals surface area (Å²) in [7, 11) is 3.70. The smallest absolute Gasteiger partial charge is 0.191 e. The molecular weight excluding hydrogens is 294 g/mol. The van der Waals surface area contributed by atoms with Crippen LogP contribution in [0.25, 0.3) is 10.4 Å². The Morgan fingerprint density at radius 3 is 2.64 bits per heavy atom. The lowest BCUT2D eigenvalue weighted by atomic mass is 10.2. The van der Waals surface area contributed by atoms with Crippen molar-refractivity contribution in [1.82, 2.24) is 4.90 Å². The third kappa shape index (κ3) is 3.42. The van der Waals surface area contributed by atoms with Gasteiger partial charge in [0.1, 0.15) is 5.75 Å². The summed E-state index contributed by atoms with van der Waals surface area (Å²) >= 11 is 1.76. The van der Waals surface area contributed by atoms with E-state index in [-0.39, 0.29) is 0 Å². The fraction of sp³-hybridized carbons (Fsp3) is 0.353. The largest absolute Gasteiger partial charge is 0.497 e. The van der Waals surface area contributed by atoms with Gasteiger partial charge in [0.15, 0.2) is 5.96 Å². The molecule has 4 nitrogen and oxygen atoms in total. The van der Waals surface area contributed by atoms with Crippen LogP contribution in [-0.4, -0.2) is 31.1 Å². The van der Waals surface area contributed by atoms with Gasteiger partial charge in [-0.15, -0.1) is 11.3 Å². The van der Waals surface area contributed by atoms with Gasteiger partial charge in [-0.1, -0.05) is 0 Å². The number of nitrogens with zero attached hydrogens (tertiary/aromatic N) is 2. The van der Waals surface area contributed by atoms with Crippen molar-refractivity contribution in [3.05, 3.63) is 41.3 Å². The predicted molar refractivity (Wildman–Crippen MR) is 92.4 cm³/mol. The second-order valence-electron chi connectivity index (χ2n) is 5.51. The highest BCUT2D eigenvalue weighted by Crippen LogP contribution is 2.30. The van der Waals surface area contributed by atoms with Gasteiger partial charge in [0.2, 0.25) is 0 Å². The van der Waals surface area contributed by atoms with E-state index in [0.29, 0.717) is 18.5 Å². The molecule has 1 fully saturated rings. The average Bonchev–Trinajstić information content (AvgIpc) is 3.30. The van der Waals surface area contributed by atoms with E-state index in [9.17, 15) is 0 Å². The summed E-state index contributed by atoms with van der Waals surface area (Å²) in [5, 5.41) is 0. The fourth-order valence-corrected chi connectivity index (χ4v) is 3.23. The number of hydrogen-bond donors (Lipinski definition) is 1. The van der Waals surface area contributed by atoms with Gasteiger partial charge in [0.25, 0.3) is 0 Å². The van der Waals surface area contributed by atoms with Crippen molar-refractivity contribution >= 4 is 17.3 Å². The van der Waals surface area contributed by atoms with Gasteiger partial charge >= 0.3 is 0 Å². The van der Waals surface area contributed by atoms with E-state index in [1.807, 2.05) is 19.2 Å². The minimum absolute atomic E-state index is 0.599. The first kappa shape index (κ1) is 14.9. The first-order valence-corrected chi connectivity index (χ1v) is 8.25. The Morgan fingerprint density at radius 1 is 1.27 bits per heavy atom. The van der Waals surface area contributed by atoms with Crippen LogP contribution >= 0.6 is 11.3 Å². The van der Waals surface area contributed by atoms with E-state index >= 15 is 0 Å². The molecule has 0 bridgehead atoms. The molecule has 0 aliphatic heterocycles. The molecule has 1 aromatic heterocycles. The van der Waals surface area contributed by atoms with Crippen LogP contribution in [-0.2, 0) is 6.54 Å². The van der Waals surface area contributed by atoms with E-state index in [4.69, 9.17) is 10.5 Å². The fourth-order valence-electron chi connectivity index (χ4n) is 2.29. The highest BCUT2D eigenvalue weighted by atomic mass is 32.1. The first-order valence-electron chi connectivity index (χ1n) is 7.43. The zero-order chi connectivity index (χ0) is 15.5. The summed E-state index contributed by atoms with van der Waals surface area (Å²) in [5.74, 6) is 1.52. The van der Waals surface area contributed by atoms with Gasteiger partial charge in [-0.05, 0) is 54.8 Å². The molecule has 0 radical (unpaired) electrons. The lowest BCUT2D eigenvalue weighted by Gasteiger charge is -2.16. The molecule has 5 heteroatoms. The highest BCUT2D eigenvalue weighted by Gasteiger charge is 2.27. The molecule has 2 aromatic rings. The molecule has 1 saturated carbocycles. The summed E-state index contributed by atoms with van der Waals surface area (Å²) in [6.07, 6.45) is 2.46. The number of ether oxygens (including phenoxy) is 1. The van der Waals surface area contributed by atoms with Gasteiger partial charge in [-0.3, -0.25) is 0 Å². The summed E-state index contributed by atoms with van der Waals surface area (Å²) < 4.78 is 5.19. The molecule has 1 aromatic carbocycles. The number of hydrogen-bond acceptors (Lipinski definition) is 3. The second-order valence-corrected chi connectivity index (χ2v) is 6.68. The van der Waals surface area contributed by atoms with Gasteiger partial charge < -0.3 is 15.4 Å². The van der Waals surface area contributed by atoms with Crippen LogP contribution in [0.2, 0.25) is 0 Å². The molecular formula is C17H21N3OS. The minimum Gasteiger partial charge on any atom is -0.497 e. The van der Waals surface area contributed by atoms with Crippen LogP contribution in [0, 0.1) is 0 Å². The number of guanidine groups is 1. The molecule has 1 aliphatic rings. The Bertz CT molecular complexity index is 659. The van der Waals surface area contributed by atoms with E-state index in [1.54, 1.807) is 18.4 Å². The Morgan fingerprint density at radius 2 is 2.00 bits per heavy atom. The normalized spacial score (nSPS) is 14.9. The van der Waals surface area contributed by atoms with Crippen LogP contribution in [0.3, 0.4) is 0 Å². The number of aliphatic imine (C=N–C) groups is 1. The van der Waals surface area contributed by atoms with Crippen LogP contribution in [0.15, 0.2) is 41.4 Å². The topological polar surface area (TPSA) is 50.9 Å². The second kappa shape index (κ2) is 6.40. The zero-order valence-electron chi connectivity index (χ0n) is 13.0. The van der Waals surface area contributed by atoms with E-state index in [1.165, 1.54) is 28.2 Å². The molecule has 1 aliphatic carbocycles. The van der Waals surface area contributed by atoms with E-state index in [2.05, 4.69) is 34.2 Å². The van der Waals surface area contributed by atoms with Crippen molar-refractivity contribution in [2.45, 2.75) is 25.4 Å². The van der Waals surface area contributed by atoms with Crippen molar-refractivity contribution in [2.75, 3.05) is 14.2 Å². The Labute approximate surface area is 135 Å². The summed E-state index contributed by atoms with van der Waals surface area (Å²) in [5.41, 5.74) is 7.22. The van der Waals surface area contributed by atoms with Crippen LogP contribution < -0.4 is 10.5 Å². The summed E-state index contributed by atoms with van der Waals surface area (Å²) in [6, 6.07) is 13.0. The monoisotopic (exact) mass is 315 g/mol. The third-order valence-electron chi connectivity index (χ3n) is 3.89. The SMILES string of the molecule is COc1ccc(-c2ccc(CN=C(N)N(C)C3CC3)s2)cc1. The first-order chi connectivity index (χ1) is 10.7.